The van der Waals surface area contributed by atoms with Crippen LogP contribution in [-0.2, 0) is 28.6 Å². The number of unbranched alkanes of at least 4 members (excludes halogenated alkanes) is 46. The van der Waals surface area contributed by atoms with E-state index in [0.717, 1.165) is 69.6 Å². The summed E-state index contributed by atoms with van der Waals surface area (Å²) < 4.78 is 17.0. The van der Waals surface area contributed by atoms with Crippen molar-refractivity contribution in [3.8, 4) is 0 Å². The number of esters is 3. The van der Waals surface area contributed by atoms with Crippen molar-refractivity contribution in [3.05, 3.63) is 0 Å². The highest BCUT2D eigenvalue weighted by atomic mass is 16.6. The Morgan fingerprint density at radius 3 is 0.671 bits per heavy atom. The molecule has 0 amide bonds. The molecule has 0 heterocycles. The number of carbonyl (C=O) groups is 3. The van der Waals surface area contributed by atoms with Crippen LogP contribution in [0.2, 0.25) is 0 Å². The first kappa shape index (κ1) is 71.4. The summed E-state index contributed by atoms with van der Waals surface area (Å²) in [6.07, 6.45) is 66.8. The Morgan fingerprint density at radius 1 is 0.260 bits per heavy atom. The molecule has 1 atom stereocenters. The first-order valence-electron chi connectivity index (χ1n) is 33.2. The molecule has 0 aliphatic carbocycles. The van der Waals surface area contributed by atoms with Gasteiger partial charge in [-0.25, -0.2) is 0 Å². The molecule has 0 rings (SSSR count). The first-order chi connectivity index (χ1) is 35.7. The van der Waals surface area contributed by atoms with E-state index in [2.05, 4.69) is 34.6 Å². The Balaban J connectivity index is 4.28. The number of hydrogen-bond acceptors (Lipinski definition) is 6. The third-order valence-corrected chi connectivity index (χ3v) is 15.5. The quantitative estimate of drug-likeness (QED) is 0.0343. The molecule has 0 saturated heterocycles. The van der Waals surface area contributed by atoms with Gasteiger partial charge in [0.15, 0.2) is 6.10 Å². The van der Waals surface area contributed by atoms with Crippen LogP contribution in [0.5, 0.6) is 0 Å². The monoisotopic (exact) mass is 1030 g/mol. The van der Waals surface area contributed by atoms with Crippen molar-refractivity contribution in [2.75, 3.05) is 13.2 Å². The van der Waals surface area contributed by atoms with Gasteiger partial charge in [-0.2, -0.15) is 0 Å². The van der Waals surface area contributed by atoms with E-state index >= 15 is 0 Å². The molecule has 73 heavy (non-hydrogen) atoms. The summed E-state index contributed by atoms with van der Waals surface area (Å²) in [6.45, 7) is 11.5. The van der Waals surface area contributed by atoms with E-state index in [-0.39, 0.29) is 31.1 Å². The van der Waals surface area contributed by atoms with Crippen LogP contribution in [0.25, 0.3) is 0 Å². The second-order valence-electron chi connectivity index (χ2n) is 24.1. The fraction of sp³-hybridized carbons (Fsp3) is 0.955. The highest BCUT2D eigenvalue weighted by molar-refractivity contribution is 5.71. The zero-order valence-corrected chi connectivity index (χ0v) is 50.3. The van der Waals surface area contributed by atoms with E-state index in [9.17, 15) is 14.4 Å². The van der Waals surface area contributed by atoms with Gasteiger partial charge in [0.05, 0.1) is 0 Å². The van der Waals surface area contributed by atoms with Gasteiger partial charge in [-0.15, -0.1) is 0 Å². The maximum absolute atomic E-state index is 12.9. The van der Waals surface area contributed by atoms with Crippen LogP contribution in [0.15, 0.2) is 0 Å². The molecule has 434 valence electrons. The average molecular weight is 1030 g/mol. The summed E-state index contributed by atoms with van der Waals surface area (Å²) in [5, 5.41) is 0. The predicted octanol–water partition coefficient (Wildman–Crippen LogP) is 22.4. The second-order valence-corrected chi connectivity index (χ2v) is 24.1. The molecule has 0 fully saturated rings. The summed E-state index contributed by atoms with van der Waals surface area (Å²) in [6, 6.07) is 0. The highest BCUT2D eigenvalue weighted by Crippen LogP contribution is 2.19. The lowest BCUT2D eigenvalue weighted by Crippen LogP contribution is -2.30. The van der Waals surface area contributed by atoms with Gasteiger partial charge in [-0.1, -0.05) is 343 Å². The molecule has 6 heteroatoms. The lowest BCUT2D eigenvalue weighted by Gasteiger charge is -2.18. The predicted molar refractivity (Wildman–Crippen MR) is 316 cm³/mol. The molecule has 6 nitrogen and oxygen atoms in total. The molecule has 0 aliphatic heterocycles. The van der Waals surface area contributed by atoms with E-state index in [1.54, 1.807) is 0 Å². The summed E-state index contributed by atoms with van der Waals surface area (Å²) in [5.74, 6) is 0.874. The zero-order chi connectivity index (χ0) is 53.2. The largest absolute Gasteiger partial charge is 0.462 e. The summed E-state index contributed by atoms with van der Waals surface area (Å²) in [4.78, 5) is 38.4. The molecule has 0 spiro atoms. The van der Waals surface area contributed by atoms with Gasteiger partial charge in [0.2, 0.25) is 0 Å². The highest BCUT2D eigenvalue weighted by Gasteiger charge is 2.19. The van der Waals surface area contributed by atoms with Crippen LogP contribution in [0.3, 0.4) is 0 Å². The van der Waals surface area contributed by atoms with Gasteiger partial charge in [0, 0.05) is 19.3 Å². The number of rotatable bonds is 61. The summed E-state index contributed by atoms with van der Waals surface area (Å²) >= 11 is 0. The Morgan fingerprint density at radius 2 is 0.452 bits per heavy atom. The maximum atomic E-state index is 12.9. The maximum Gasteiger partial charge on any atom is 0.306 e. The van der Waals surface area contributed by atoms with E-state index < -0.39 is 6.10 Å². The fourth-order valence-corrected chi connectivity index (χ4v) is 10.5. The number of carbonyl (C=O) groups excluding carboxylic acids is 3. The smallest absolute Gasteiger partial charge is 0.306 e. The van der Waals surface area contributed by atoms with E-state index in [1.165, 1.54) is 270 Å². The third-order valence-electron chi connectivity index (χ3n) is 15.5. The molecule has 0 unspecified atom stereocenters. The zero-order valence-electron chi connectivity index (χ0n) is 50.3. The van der Waals surface area contributed by atoms with E-state index in [4.69, 9.17) is 14.2 Å². The van der Waals surface area contributed by atoms with Crippen molar-refractivity contribution in [2.45, 2.75) is 387 Å². The van der Waals surface area contributed by atoms with Gasteiger partial charge < -0.3 is 14.2 Å². The third kappa shape index (κ3) is 61.1. The minimum atomic E-state index is -0.764. The lowest BCUT2D eigenvalue weighted by molar-refractivity contribution is -0.167. The van der Waals surface area contributed by atoms with Crippen molar-refractivity contribution in [2.24, 2.45) is 11.8 Å². The molecule has 0 aromatic carbocycles. The lowest BCUT2D eigenvalue weighted by atomic mass is 10.0. The molecule has 0 radical (unpaired) electrons. The molecule has 0 saturated carbocycles. The first-order valence-corrected chi connectivity index (χ1v) is 33.2. The molecular formula is C67H130O6. The van der Waals surface area contributed by atoms with E-state index in [0.29, 0.717) is 19.3 Å². The Hall–Kier alpha value is -1.59. The van der Waals surface area contributed by atoms with Gasteiger partial charge in [0.25, 0.3) is 0 Å². The molecule has 0 bridgehead atoms. The topological polar surface area (TPSA) is 78.9 Å². The van der Waals surface area contributed by atoms with Crippen LogP contribution in [0.1, 0.15) is 381 Å². The number of hydrogen-bond donors (Lipinski definition) is 0. The summed E-state index contributed by atoms with van der Waals surface area (Å²) in [7, 11) is 0. The van der Waals surface area contributed by atoms with E-state index in [1.807, 2.05) is 0 Å². The van der Waals surface area contributed by atoms with Gasteiger partial charge in [-0.05, 0) is 31.1 Å². The fourth-order valence-electron chi connectivity index (χ4n) is 10.5. The minimum Gasteiger partial charge on any atom is -0.462 e. The van der Waals surface area contributed by atoms with Crippen molar-refractivity contribution < 1.29 is 28.6 Å². The standard InChI is InChI=1S/C67H130O6/c1-6-7-8-9-10-11-12-13-14-15-16-23-29-34-39-44-49-54-59-67(70)73-64(61-72-66(69)58-53-48-43-38-33-28-24-19-21-26-31-36-41-46-51-56-63(4)5)60-71-65(68)57-52-47-42-37-32-27-22-18-17-20-25-30-35-40-45-50-55-62(2)3/h62-64H,6-61H2,1-5H3/t64-/m1/s1. The van der Waals surface area contributed by atoms with Crippen molar-refractivity contribution in [1.29, 1.82) is 0 Å². The molecule has 0 aromatic heterocycles. The van der Waals surface area contributed by atoms with Gasteiger partial charge in [0.1, 0.15) is 13.2 Å². The molecule has 0 aromatic rings. The van der Waals surface area contributed by atoms with Crippen LogP contribution < -0.4 is 0 Å². The second kappa shape index (κ2) is 59.7. The normalized spacial score (nSPS) is 12.0. The van der Waals surface area contributed by atoms with Gasteiger partial charge in [-0.3, -0.25) is 14.4 Å². The van der Waals surface area contributed by atoms with Crippen LogP contribution in [-0.4, -0.2) is 37.2 Å². The molecule has 0 aliphatic rings. The van der Waals surface area contributed by atoms with Crippen LogP contribution in [0, 0.1) is 11.8 Å². The Kier molecular flexibility index (Phi) is 58.4. The Labute approximate surface area is 457 Å². The molecule has 0 N–H and O–H groups in total. The van der Waals surface area contributed by atoms with Crippen LogP contribution >= 0.6 is 0 Å². The minimum absolute atomic E-state index is 0.0615. The number of ether oxygens (including phenoxy) is 3. The van der Waals surface area contributed by atoms with Crippen molar-refractivity contribution >= 4 is 17.9 Å². The average Bonchev–Trinajstić information content (AvgIpc) is 3.37. The SMILES string of the molecule is CCCCCCCCCCCCCCCCCCCCC(=O)O[C@H](COC(=O)CCCCCCCCCCCCCCCCCCC(C)C)COC(=O)CCCCCCCCCCCCCCCCCC(C)C. The van der Waals surface area contributed by atoms with Crippen molar-refractivity contribution in [1.82, 2.24) is 0 Å². The van der Waals surface area contributed by atoms with Crippen LogP contribution in [0.4, 0.5) is 0 Å². The molecular weight excluding hydrogens is 901 g/mol. The Bertz CT molecular complexity index is 1120. The summed E-state index contributed by atoms with van der Waals surface area (Å²) in [5.41, 5.74) is 0. The van der Waals surface area contributed by atoms with Crippen molar-refractivity contribution in [3.63, 3.8) is 0 Å². The van der Waals surface area contributed by atoms with Gasteiger partial charge >= 0.3 is 17.9 Å².